The highest BCUT2D eigenvalue weighted by molar-refractivity contribution is 14.0. The third-order valence-corrected chi connectivity index (χ3v) is 5.27. The van der Waals surface area contributed by atoms with Crippen LogP contribution >= 0.6 is 24.0 Å². The average molecular weight is 485 g/mol. The third kappa shape index (κ3) is 6.34. The van der Waals surface area contributed by atoms with Gasteiger partial charge in [0.15, 0.2) is 5.96 Å². The van der Waals surface area contributed by atoms with Crippen LogP contribution in [0.3, 0.4) is 0 Å². The van der Waals surface area contributed by atoms with E-state index in [-0.39, 0.29) is 36.4 Å². The van der Waals surface area contributed by atoms with Gasteiger partial charge in [-0.05, 0) is 37.9 Å². The molecule has 3 rings (SSSR count). The fourth-order valence-corrected chi connectivity index (χ4v) is 3.67. The molecular formula is C20H32IN5O. The molecule has 0 aliphatic carbocycles. The van der Waals surface area contributed by atoms with E-state index >= 15 is 0 Å². The van der Waals surface area contributed by atoms with E-state index < -0.39 is 0 Å². The summed E-state index contributed by atoms with van der Waals surface area (Å²) >= 11 is 0. The van der Waals surface area contributed by atoms with Crippen molar-refractivity contribution in [3.05, 3.63) is 35.9 Å². The molecule has 0 spiro atoms. The van der Waals surface area contributed by atoms with Crippen molar-refractivity contribution in [2.75, 3.05) is 46.8 Å². The van der Waals surface area contributed by atoms with E-state index in [0.717, 1.165) is 19.0 Å². The van der Waals surface area contributed by atoms with Crippen LogP contribution in [0.5, 0.6) is 0 Å². The van der Waals surface area contributed by atoms with Gasteiger partial charge in [0.25, 0.3) is 0 Å². The van der Waals surface area contributed by atoms with E-state index in [1.807, 2.05) is 18.2 Å². The molecule has 0 saturated carbocycles. The Balaban J connectivity index is 0.00000261. The van der Waals surface area contributed by atoms with Gasteiger partial charge in [0.2, 0.25) is 5.91 Å². The number of carbonyl (C=O) groups is 1. The molecule has 0 aromatic heterocycles. The van der Waals surface area contributed by atoms with Crippen LogP contribution in [0.4, 0.5) is 0 Å². The molecule has 2 aliphatic rings. The molecule has 2 heterocycles. The second-order valence-electron chi connectivity index (χ2n) is 7.40. The first-order valence-electron chi connectivity index (χ1n) is 9.65. The summed E-state index contributed by atoms with van der Waals surface area (Å²) in [4.78, 5) is 23.3. The zero-order valence-electron chi connectivity index (χ0n) is 16.4. The highest BCUT2D eigenvalue weighted by Crippen LogP contribution is 2.20. The largest absolute Gasteiger partial charge is 0.347 e. The van der Waals surface area contributed by atoms with Crippen LogP contribution < -0.4 is 5.32 Å². The van der Waals surface area contributed by atoms with Crippen LogP contribution in [0.25, 0.3) is 0 Å². The van der Waals surface area contributed by atoms with Gasteiger partial charge in [0.05, 0.1) is 13.1 Å². The van der Waals surface area contributed by atoms with Gasteiger partial charge in [-0.15, -0.1) is 24.0 Å². The Hall–Kier alpha value is -1.35. The van der Waals surface area contributed by atoms with Crippen LogP contribution in [0.1, 0.15) is 24.8 Å². The van der Waals surface area contributed by atoms with E-state index in [2.05, 4.69) is 27.2 Å². The van der Waals surface area contributed by atoms with Crippen molar-refractivity contribution in [1.82, 2.24) is 20.0 Å². The van der Waals surface area contributed by atoms with Gasteiger partial charge in [-0.3, -0.25) is 9.69 Å². The molecule has 0 bridgehead atoms. The maximum Gasteiger partial charge on any atom is 0.241 e. The smallest absolute Gasteiger partial charge is 0.241 e. The first-order valence-corrected chi connectivity index (χ1v) is 9.65. The molecule has 2 aliphatic heterocycles. The number of halogens is 1. The molecule has 1 unspecified atom stereocenters. The van der Waals surface area contributed by atoms with Gasteiger partial charge in [-0.1, -0.05) is 30.3 Å². The lowest BCUT2D eigenvalue weighted by atomic mass is 10.2. The molecule has 1 aromatic carbocycles. The van der Waals surface area contributed by atoms with Crippen molar-refractivity contribution in [2.45, 2.75) is 31.8 Å². The van der Waals surface area contributed by atoms with Crippen molar-refractivity contribution >= 4 is 35.8 Å². The number of aliphatic imine (C=N–C) groups is 1. The summed E-state index contributed by atoms with van der Waals surface area (Å²) in [6, 6.07) is 10.9. The van der Waals surface area contributed by atoms with Crippen LogP contribution in [-0.2, 0) is 11.3 Å². The van der Waals surface area contributed by atoms with Gasteiger partial charge in [-0.25, -0.2) is 4.99 Å². The summed E-state index contributed by atoms with van der Waals surface area (Å²) in [7, 11) is 3.56. The van der Waals surface area contributed by atoms with Gasteiger partial charge in [0.1, 0.15) is 0 Å². The number of amides is 1. The number of likely N-dealkylation sites (tertiary alicyclic amines) is 2. The van der Waals surface area contributed by atoms with Crippen molar-refractivity contribution in [3.63, 3.8) is 0 Å². The van der Waals surface area contributed by atoms with Gasteiger partial charge in [0, 0.05) is 33.2 Å². The molecule has 2 saturated heterocycles. The Bertz CT molecular complexity index is 616. The third-order valence-electron chi connectivity index (χ3n) is 5.27. The van der Waals surface area contributed by atoms with E-state index in [1.165, 1.54) is 37.9 Å². The standard InChI is InChI=1S/C20H31N5O.HI/c1-23(2)19(26)15-22-20(21-14-17-8-4-3-5-9-17)25-13-10-18(16-25)24-11-6-7-12-24;/h3-5,8-9,18H,6-7,10-16H2,1-2H3,(H,21,22);1H. The predicted molar refractivity (Wildman–Crippen MR) is 120 cm³/mol. The van der Waals surface area contributed by atoms with Gasteiger partial charge < -0.3 is 15.1 Å². The Labute approximate surface area is 180 Å². The number of nitrogens with zero attached hydrogens (tertiary/aromatic N) is 4. The molecule has 1 aromatic rings. The number of guanidine groups is 1. The summed E-state index contributed by atoms with van der Waals surface area (Å²) in [6.07, 6.45) is 3.82. The van der Waals surface area contributed by atoms with E-state index in [4.69, 9.17) is 4.99 Å². The van der Waals surface area contributed by atoms with E-state index in [1.54, 1.807) is 19.0 Å². The monoisotopic (exact) mass is 485 g/mol. The van der Waals surface area contributed by atoms with Gasteiger partial charge >= 0.3 is 0 Å². The summed E-state index contributed by atoms with van der Waals surface area (Å²) < 4.78 is 0. The molecule has 2 fully saturated rings. The number of nitrogens with one attached hydrogen (secondary N) is 1. The number of carbonyl (C=O) groups excluding carboxylic acids is 1. The topological polar surface area (TPSA) is 51.2 Å². The summed E-state index contributed by atoms with van der Waals surface area (Å²) in [6.45, 7) is 5.35. The van der Waals surface area contributed by atoms with E-state index in [0.29, 0.717) is 12.6 Å². The second-order valence-corrected chi connectivity index (χ2v) is 7.40. The molecule has 1 N–H and O–H groups in total. The highest BCUT2D eigenvalue weighted by Gasteiger charge is 2.30. The normalized spacial score (nSPS) is 20.4. The minimum absolute atomic E-state index is 0. The summed E-state index contributed by atoms with van der Waals surface area (Å²) in [5.41, 5.74) is 1.18. The van der Waals surface area contributed by atoms with Crippen LogP contribution in [-0.4, -0.2) is 79.4 Å². The van der Waals surface area contributed by atoms with Crippen LogP contribution in [0, 0.1) is 0 Å². The SMILES string of the molecule is CN(C)C(=O)CNC(=NCc1ccccc1)N1CCC(N2CCCC2)C1.I. The zero-order valence-corrected chi connectivity index (χ0v) is 18.8. The molecule has 7 heteroatoms. The average Bonchev–Trinajstić information content (AvgIpc) is 3.33. The number of hydrogen-bond donors (Lipinski definition) is 1. The van der Waals surface area contributed by atoms with Gasteiger partial charge in [-0.2, -0.15) is 0 Å². The molecule has 150 valence electrons. The van der Waals surface area contributed by atoms with Crippen molar-refractivity contribution < 1.29 is 4.79 Å². The van der Waals surface area contributed by atoms with E-state index in [9.17, 15) is 4.79 Å². The van der Waals surface area contributed by atoms with Crippen LogP contribution in [0.15, 0.2) is 35.3 Å². The maximum absolute atomic E-state index is 12.0. The molecule has 0 radical (unpaired) electrons. The lowest BCUT2D eigenvalue weighted by molar-refractivity contribution is -0.127. The Morgan fingerprint density at radius 3 is 2.56 bits per heavy atom. The second kappa shape index (κ2) is 10.8. The quantitative estimate of drug-likeness (QED) is 0.394. The number of likely N-dealkylation sites (N-methyl/N-ethyl adjacent to an activating group) is 1. The number of benzene rings is 1. The summed E-state index contributed by atoms with van der Waals surface area (Å²) in [5.74, 6) is 0.915. The lowest BCUT2D eigenvalue weighted by Crippen LogP contribution is -2.45. The first kappa shape index (κ1) is 21.9. The molecule has 6 nitrogen and oxygen atoms in total. The van der Waals surface area contributed by atoms with Crippen molar-refractivity contribution in [1.29, 1.82) is 0 Å². The fourth-order valence-electron chi connectivity index (χ4n) is 3.67. The Kier molecular flexibility index (Phi) is 8.82. The first-order chi connectivity index (χ1) is 12.6. The number of rotatable bonds is 5. The molecule has 1 amide bonds. The minimum atomic E-state index is 0. The zero-order chi connectivity index (χ0) is 18.4. The number of hydrogen-bond acceptors (Lipinski definition) is 3. The predicted octanol–water partition coefficient (Wildman–Crippen LogP) is 2.01. The maximum atomic E-state index is 12.0. The van der Waals surface area contributed by atoms with Crippen LogP contribution in [0.2, 0.25) is 0 Å². The Morgan fingerprint density at radius 2 is 1.89 bits per heavy atom. The molecular weight excluding hydrogens is 453 g/mol. The minimum Gasteiger partial charge on any atom is -0.347 e. The Morgan fingerprint density at radius 1 is 1.19 bits per heavy atom. The van der Waals surface area contributed by atoms with Crippen molar-refractivity contribution in [3.8, 4) is 0 Å². The highest BCUT2D eigenvalue weighted by atomic mass is 127. The van der Waals surface area contributed by atoms with Crippen molar-refractivity contribution in [2.24, 2.45) is 4.99 Å². The molecule has 1 atom stereocenters. The fraction of sp³-hybridized carbons (Fsp3) is 0.600. The molecule has 27 heavy (non-hydrogen) atoms. The summed E-state index contributed by atoms with van der Waals surface area (Å²) in [5, 5.41) is 3.29. The lowest BCUT2D eigenvalue weighted by Gasteiger charge is -2.26.